The van der Waals surface area contributed by atoms with E-state index in [0.29, 0.717) is 34.7 Å². The number of hydrogen-bond donors (Lipinski definition) is 2. The fourth-order valence-electron chi connectivity index (χ4n) is 9.01. The number of rotatable bonds is 6. The van der Waals surface area contributed by atoms with Crippen LogP contribution in [-0.2, 0) is 31.0 Å². The molecule has 2 aliphatic carbocycles. The summed E-state index contributed by atoms with van der Waals surface area (Å²) >= 11 is 6.37. The Balaban J connectivity index is 1.27. The van der Waals surface area contributed by atoms with E-state index in [1.54, 1.807) is 66.7 Å². The molecule has 2 saturated heterocycles. The molecule has 49 heavy (non-hydrogen) atoms. The van der Waals surface area contributed by atoms with Gasteiger partial charge in [0.25, 0.3) is 0 Å². The molecule has 6 unspecified atom stereocenters. The predicted molar refractivity (Wildman–Crippen MR) is 183 cm³/mol. The number of fused-ring (bicyclic) bond motifs is 4. The van der Waals surface area contributed by atoms with Gasteiger partial charge in [0.15, 0.2) is 0 Å². The summed E-state index contributed by atoms with van der Waals surface area (Å²) in [5.41, 5.74) is 2.01. The Morgan fingerprint density at radius 1 is 0.755 bits per heavy atom. The lowest BCUT2D eigenvalue weighted by atomic mass is 9.49. The third kappa shape index (κ3) is 4.72. The van der Waals surface area contributed by atoms with Gasteiger partial charge in [0.2, 0.25) is 23.6 Å². The van der Waals surface area contributed by atoms with Crippen LogP contribution in [0.15, 0.2) is 115 Å². The Hall–Kier alpha value is -5.21. The number of allylic oxidation sites excluding steroid dienone is 2. The molecule has 4 amide bonds. The standard InChI is InChI=1S/C40H33ClN2O6/c41-26-9-5-10-27(21-26)43-37(47)33-22-32-30(16-17-31-34(32)38(48)42(36(31)46)19-18-23-12-14-28(44)15-13-23)35(24-6-4-11-29(45)20-24)40(33,39(43)49)25-7-2-1-3-8-25/h1-16,20-21,31-35,44-45H,17-19,22H2. The summed E-state index contributed by atoms with van der Waals surface area (Å²) in [6.45, 7) is 0.199. The van der Waals surface area contributed by atoms with E-state index in [-0.39, 0.29) is 42.2 Å². The average Bonchev–Trinajstić information content (AvgIpc) is 3.48. The van der Waals surface area contributed by atoms with Crippen molar-refractivity contribution < 1.29 is 29.4 Å². The maximum absolute atomic E-state index is 15.2. The second kappa shape index (κ2) is 11.7. The number of carbonyl (C=O) groups excluding carboxylic acids is 4. The number of hydrogen-bond acceptors (Lipinski definition) is 6. The zero-order valence-electron chi connectivity index (χ0n) is 26.4. The van der Waals surface area contributed by atoms with E-state index in [0.717, 1.165) is 11.1 Å². The molecule has 8 nitrogen and oxygen atoms in total. The van der Waals surface area contributed by atoms with Crippen molar-refractivity contribution in [2.75, 3.05) is 11.4 Å². The van der Waals surface area contributed by atoms with Crippen LogP contribution in [0.4, 0.5) is 5.69 Å². The summed E-state index contributed by atoms with van der Waals surface area (Å²) in [4.78, 5) is 60.7. The van der Waals surface area contributed by atoms with Crippen molar-refractivity contribution in [1.82, 2.24) is 4.90 Å². The van der Waals surface area contributed by atoms with E-state index < -0.39 is 40.9 Å². The maximum atomic E-state index is 15.2. The first-order valence-corrected chi connectivity index (χ1v) is 16.9. The van der Waals surface area contributed by atoms with Crippen molar-refractivity contribution in [1.29, 1.82) is 0 Å². The minimum atomic E-state index is -1.39. The van der Waals surface area contributed by atoms with Crippen LogP contribution in [-0.4, -0.2) is 45.3 Å². The minimum absolute atomic E-state index is 0.0182. The van der Waals surface area contributed by atoms with Crippen LogP contribution in [0, 0.1) is 23.7 Å². The van der Waals surface area contributed by atoms with E-state index >= 15 is 4.79 Å². The first-order valence-electron chi connectivity index (χ1n) is 16.5. The number of aromatic hydroxyl groups is 2. The lowest BCUT2D eigenvalue weighted by molar-refractivity contribution is -0.140. The maximum Gasteiger partial charge on any atom is 0.246 e. The number of phenolic OH excluding ortho intramolecular Hbond substituents is 2. The monoisotopic (exact) mass is 672 g/mol. The highest BCUT2D eigenvalue weighted by Crippen LogP contribution is 2.64. The highest BCUT2D eigenvalue weighted by molar-refractivity contribution is 6.32. The average molecular weight is 673 g/mol. The van der Waals surface area contributed by atoms with Crippen molar-refractivity contribution in [3.8, 4) is 11.5 Å². The van der Waals surface area contributed by atoms with Crippen molar-refractivity contribution >= 4 is 40.9 Å². The fraction of sp³-hybridized carbons (Fsp3) is 0.250. The molecule has 2 aliphatic heterocycles. The summed E-state index contributed by atoms with van der Waals surface area (Å²) in [7, 11) is 0. The molecule has 9 heteroatoms. The van der Waals surface area contributed by atoms with Gasteiger partial charge in [-0.1, -0.05) is 83.9 Å². The molecule has 0 aromatic heterocycles. The van der Waals surface area contributed by atoms with Crippen molar-refractivity contribution in [2.45, 2.75) is 30.6 Å². The molecule has 3 fully saturated rings. The highest BCUT2D eigenvalue weighted by Gasteiger charge is 2.70. The first-order chi connectivity index (χ1) is 23.7. The first kappa shape index (κ1) is 31.1. The highest BCUT2D eigenvalue weighted by atomic mass is 35.5. The molecule has 1 saturated carbocycles. The normalized spacial score (nSPS) is 27.5. The van der Waals surface area contributed by atoms with Crippen molar-refractivity contribution in [3.05, 3.63) is 136 Å². The molecule has 246 valence electrons. The zero-order chi connectivity index (χ0) is 34.0. The second-order valence-corrected chi connectivity index (χ2v) is 13.9. The predicted octanol–water partition coefficient (Wildman–Crippen LogP) is 6.16. The van der Waals surface area contributed by atoms with Crippen molar-refractivity contribution in [2.24, 2.45) is 23.7 Å². The van der Waals surface area contributed by atoms with Crippen LogP contribution in [0.1, 0.15) is 35.4 Å². The van der Waals surface area contributed by atoms with Gasteiger partial charge in [-0.05, 0) is 84.3 Å². The summed E-state index contributed by atoms with van der Waals surface area (Å²) in [6, 6.07) is 29.4. The number of nitrogens with zero attached hydrogens (tertiary/aromatic N) is 2. The number of amides is 4. The van der Waals surface area contributed by atoms with Crippen LogP contribution >= 0.6 is 11.6 Å². The number of likely N-dealkylation sites (tertiary alicyclic amines) is 1. The second-order valence-electron chi connectivity index (χ2n) is 13.4. The number of phenols is 2. The van der Waals surface area contributed by atoms with Gasteiger partial charge < -0.3 is 10.2 Å². The van der Waals surface area contributed by atoms with Gasteiger partial charge in [-0.25, -0.2) is 4.90 Å². The zero-order valence-corrected chi connectivity index (χ0v) is 27.2. The summed E-state index contributed by atoms with van der Waals surface area (Å²) < 4.78 is 0. The Bertz CT molecular complexity index is 2050. The lowest BCUT2D eigenvalue weighted by Crippen LogP contribution is -2.53. The van der Waals surface area contributed by atoms with Gasteiger partial charge in [-0.2, -0.15) is 0 Å². The lowest BCUT2D eigenvalue weighted by Gasteiger charge is -2.50. The van der Waals surface area contributed by atoms with E-state index in [1.807, 2.05) is 42.5 Å². The van der Waals surface area contributed by atoms with E-state index in [9.17, 15) is 24.6 Å². The van der Waals surface area contributed by atoms with E-state index in [4.69, 9.17) is 11.6 Å². The van der Waals surface area contributed by atoms with Gasteiger partial charge in [0, 0.05) is 17.5 Å². The molecule has 2 heterocycles. The molecule has 0 radical (unpaired) electrons. The molecular weight excluding hydrogens is 640 g/mol. The van der Waals surface area contributed by atoms with Gasteiger partial charge in [0.1, 0.15) is 11.5 Å². The molecule has 6 atom stereocenters. The topological polar surface area (TPSA) is 115 Å². The summed E-state index contributed by atoms with van der Waals surface area (Å²) in [5.74, 6) is -4.45. The molecule has 4 aromatic rings. The van der Waals surface area contributed by atoms with Crippen LogP contribution in [0.2, 0.25) is 5.02 Å². The van der Waals surface area contributed by atoms with E-state index in [1.165, 1.54) is 9.80 Å². The molecule has 4 aliphatic rings. The Labute approximate surface area is 288 Å². The molecule has 2 N–H and O–H groups in total. The van der Waals surface area contributed by atoms with Crippen LogP contribution in [0.25, 0.3) is 0 Å². The minimum Gasteiger partial charge on any atom is -0.508 e. The quantitative estimate of drug-likeness (QED) is 0.187. The fourth-order valence-corrected chi connectivity index (χ4v) is 9.20. The molecular formula is C40H33ClN2O6. The summed E-state index contributed by atoms with van der Waals surface area (Å²) in [6.07, 6.45) is 2.97. The number of carbonyl (C=O) groups is 4. The number of anilines is 1. The smallest absolute Gasteiger partial charge is 0.246 e. The Kier molecular flexibility index (Phi) is 7.45. The number of imide groups is 2. The molecule has 0 bridgehead atoms. The molecule has 0 spiro atoms. The number of benzene rings is 4. The molecule has 4 aromatic carbocycles. The van der Waals surface area contributed by atoms with E-state index in [2.05, 4.69) is 0 Å². The SMILES string of the molecule is O=C1C2CC=C3C(CC4C(=O)N(c5cccc(Cl)c5)C(=O)C4(c4ccccc4)C3c3cccc(O)c3)C2C(=O)N1CCc1ccc(O)cc1. The largest absolute Gasteiger partial charge is 0.508 e. The third-order valence-corrected chi connectivity index (χ3v) is 11.3. The van der Waals surface area contributed by atoms with Crippen LogP contribution in [0.5, 0.6) is 11.5 Å². The van der Waals surface area contributed by atoms with Gasteiger partial charge in [-0.3, -0.25) is 24.1 Å². The van der Waals surface area contributed by atoms with Crippen molar-refractivity contribution in [3.63, 3.8) is 0 Å². The summed E-state index contributed by atoms with van der Waals surface area (Å²) in [5, 5.41) is 20.8. The van der Waals surface area contributed by atoms with Crippen LogP contribution in [0.3, 0.4) is 0 Å². The Morgan fingerprint density at radius 2 is 1.51 bits per heavy atom. The van der Waals surface area contributed by atoms with Gasteiger partial charge in [0.05, 0.1) is 28.9 Å². The van der Waals surface area contributed by atoms with Crippen LogP contribution < -0.4 is 4.90 Å². The third-order valence-electron chi connectivity index (χ3n) is 11.0. The molecule has 8 rings (SSSR count). The number of halogens is 1. The van der Waals surface area contributed by atoms with Gasteiger partial charge in [-0.15, -0.1) is 0 Å². The Morgan fingerprint density at radius 3 is 2.24 bits per heavy atom. The van der Waals surface area contributed by atoms with Gasteiger partial charge >= 0.3 is 0 Å².